The molecule has 0 aliphatic carbocycles. The van der Waals surface area contributed by atoms with E-state index in [1.165, 1.54) is 81.9 Å². The topological polar surface area (TPSA) is 41.6 Å². The SMILES string of the molecule is CCCCCCCCCCCCCCOc1ccc(C(=O)Nc2cccc(CN3CSC=C3C)c2)cc1. The molecule has 1 N–H and O–H groups in total. The van der Waals surface area contributed by atoms with E-state index in [4.69, 9.17) is 4.74 Å². The predicted octanol–water partition coefficient (Wildman–Crippen LogP) is 9.39. The molecule has 0 saturated heterocycles. The maximum Gasteiger partial charge on any atom is 0.255 e. The number of nitrogens with one attached hydrogen (secondary N) is 1. The number of rotatable bonds is 18. The molecule has 5 heteroatoms. The molecule has 2 aromatic carbocycles. The van der Waals surface area contributed by atoms with Gasteiger partial charge in [0, 0.05) is 23.5 Å². The molecule has 1 amide bonds. The number of carbonyl (C=O) groups is 1. The first-order valence-corrected chi connectivity index (χ1v) is 15.4. The minimum absolute atomic E-state index is 0.0996. The average Bonchev–Trinajstić information content (AvgIpc) is 3.31. The highest BCUT2D eigenvalue weighted by Crippen LogP contribution is 2.25. The fourth-order valence-corrected chi connectivity index (χ4v) is 5.54. The summed E-state index contributed by atoms with van der Waals surface area (Å²) in [6, 6.07) is 15.6. The van der Waals surface area contributed by atoms with Crippen LogP contribution in [-0.4, -0.2) is 23.3 Å². The Labute approximate surface area is 229 Å². The van der Waals surface area contributed by atoms with Gasteiger partial charge in [-0.25, -0.2) is 0 Å². The molecule has 1 aliphatic heterocycles. The van der Waals surface area contributed by atoms with Gasteiger partial charge in [-0.1, -0.05) is 89.7 Å². The number of allylic oxidation sites excluding steroid dienone is 1. The number of unbranched alkanes of at least 4 members (excludes halogenated alkanes) is 11. The van der Waals surface area contributed by atoms with Gasteiger partial charge in [-0.2, -0.15) is 0 Å². The van der Waals surface area contributed by atoms with Gasteiger partial charge in [0.05, 0.1) is 12.5 Å². The van der Waals surface area contributed by atoms with Crippen molar-refractivity contribution in [3.8, 4) is 5.75 Å². The highest BCUT2D eigenvalue weighted by Gasteiger charge is 2.12. The van der Waals surface area contributed by atoms with E-state index in [-0.39, 0.29) is 5.91 Å². The third-order valence-corrected chi connectivity index (χ3v) is 7.89. The summed E-state index contributed by atoms with van der Waals surface area (Å²) in [5.74, 6) is 1.71. The average molecular weight is 523 g/mol. The molecule has 0 unspecified atom stereocenters. The maximum absolute atomic E-state index is 12.7. The van der Waals surface area contributed by atoms with Gasteiger partial charge < -0.3 is 15.0 Å². The molecule has 0 spiro atoms. The quantitative estimate of drug-likeness (QED) is 0.198. The van der Waals surface area contributed by atoms with Crippen molar-refractivity contribution in [3.05, 3.63) is 70.8 Å². The molecule has 202 valence electrons. The van der Waals surface area contributed by atoms with Crippen molar-refractivity contribution < 1.29 is 9.53 Å². The molecule has 1 heterocycles. The maximum atomic E-state index is 12.7. The van der Waals surface area contributed by atoms with E-state index >= 15 is 0 Å². The number of anilines is 1. The van der Waals surface area contributed by atoms with E-state index < -0.39 is 0 Å². The summed E-state index contributed by atoms with van der Waals surface area (Å²) in [6.07, 6.45) is 16.1. The van der Waals surface area contributed by atoms with Gasteiger partial charge in [0.25, 0.3) is 5.91 Å². The van der Waals surface area contributed by atoms with Crippen LogP contribution in [0.4, 0.5) is 5.69 Å². The number of thioether (sulfide) groups is 1. The molecule has 0 saturated carbocycles. The molecule has 37 heavy (non-hydrogen) atoms. The molecule has 2 aromatic rings. The lowest BCUT2D eigenvalue weighted by atomic mass is 10.1. The fourth-order valence-electron chi connectivity index (χ4n) is 4.60. The zero-order chi connectivity index (χ0) is 26.1. The summed E-state index contributed by atoms with van der Waals surface area (Å²) in [7, 11) is 0. The summed E-state index contributed by atoms with van der Waals surface area (Å²) in [6.45, 7) is 6.00. The van der Waals surface area contributed by atoms with Crippen molar-refractivity contribution >= 4 is 23.4 Å². The summed E-state index contributed by atoms with van der Waals surface area (Å²) < 4.78 is 5.90. The van der Waals surface area contributed by atoms with Crippen LogP contribution >= 0.6 is 11.8 Å². The Morgan fingerprint density at radius 3 is 2.16 bits per heavy atom. The van der Waals surface area contributed by atoms with E-state index in [9.17, 15) is 4.79 Å². The second-order valence-corrected chi connectivity index (χ2v) is 11.0. The molecule has 4 nitrogen and oxygen atoms in total. The summed E-state index contributed by atoms with van der Waals surface area (Å²) >= 11 is 1.82. The Kier molecular flexibility index (Phi) is 13.5. The van der Waals surface area contributed by atoms with E-state index in [2.05, 4.69) is 41.6 Å². The Balaban J connectivity index is 1.27. The second kappa shape index (κ2) is 17.2. The van der Waals surface area contributed by atoms with Crippen LogP contribution in [0.5, 0.6) is 5.75 Å². The number of amides is 1. The molecular weight excluding hydrogens is 476 g/mol. The second-order valence-electron chi connectivity index (χ2n) is 10.2. The van der Waals surface area contributed by atoms with Crippen molar-refractivity contribution in [1.29, 1.82) is 0 Å². The van der Waals surface area contributed by atoms with Crippen LogP contribution in [0.25, 0.3) is 0 Å². The number of hydrogen-bond donors (Lipinski definition) is 1. The standard InChI is InChI=1S/C32H46N2O2S/c1-3-4-5-6-7-8-9-10-11-12-13-14-22-36-31-20-18-29(19-21-31)32(35)33-30-17-15-16-28(23-30)24-34-26-37-25-27(34)2/h15-21,23,25H,3-14,22,24,26H2,1-2H3,(H,33,35). The zero-order valence-corrected chi connectivity index (χ0v) is 23.8. The molecule has 3 rings (SSSR count). The van der Waals surface area contributed by atoms with E-state index in [1.807, 2.05) is 48.2 Å². The van der Waals surface area contributed by atoms with Crippen molar-refractivity contribution in [2.45, 2.75) is 97.4 Å². The van der Waals surface area contributed by atoms with Crippen LogP contribution in [0.15, 0.2) is 59.6 Å². The molecule has 0 aromatic heterocycles. The van der Waals surface area contributed by atoms with Crippen LogP contribution in [0, 0.1) is 0 Å². The Morgan fingerprint density at radius 1 is 0.892 bits per heavy atom. The largest absolute Gasteiger partial charge is 0.494 e. The lowest BCUT2D eigenvalue weighted by molar-refractivity contribution is 0.102. The number of benzene rings is 2. The van der Waals surface area contributed by atoms with Crippen LogP contribution in [-0.2, 0) is 6.54 Å². The number of carbonyl (C=O) groups excluding carboxylic acids is 1. The molecule has 1 aliphatic rings. The van der Waals surface area contributed by atoms with Gasteiger partial charge in [-0.05, 0) is 60.7 Å². The first-order chi connectivity index (χ1) is 18.2. The van der Waals surface area contributed by atoms with Crippen LogP contribution in [0.2, 0.25) is 0 Å². The number of nitrogens with zero attached hydrogens (tertiary/aromatic N) is 1. The van der Waals surface area contributed by atoms with Gasteiger partial charge in [-0.15, -0.1) is 11.8 Å². The summed E-state index contributed by atoms with van der Waals surface area (Å²) in [5, 5.41) is 5.22. The van der Waals surface area contributed by atoms with Gasteiger partial charge in [-0.3, -0.25) is 4.79 Å². The minimum Gasteiger partial charge on any atom is -0.494 e. The normalized spacial score (nSPS) is 13.0. The highest BCUT2D eigenvalue weighted by molar-refractivity contribution is 8.02. The van der Waals surface area contributed by atoms with E-state index in [0.717, 1.165) is 36.9 Å². The molecular formula is C32H46N2O2S. The molecule has 0 bridgehead atoms. The zero-order valence-electron chi connectivity index (χ0n) is 23.0. The first-order valence-electron chi connectivity index (χ1n) is 14.3. The number of hydrogen-bond acceptors (Lipinski definition) is 4. The van der Waals surface area contributed by atoms with Crippen LogP contribution in [0.3, 0.4) is 0 Å². The van der Waals surface area contributed by atoms with Gasteiger partial charge in [0.1, 0.15) is 5.75 Å². The van der Waals surface area contributed by atoms with E-state index in [0.29, 0.717) is 5.56 Å². The van der Waals surface area contributed by atoms with Crippen molar-refractivity contribution in [2.24, 2.45) is 0 Å². The number of ether oxygens (including phenoxy) is 1. The van der Waals surface area contributed by atoms with Crippen molar-refractivity contribution in [2.75, 3.05) is 17.8 Å². The highest BCUT2D eigenvalue weighted by atomic mass is 32.2. The Bertz CT molecular complexity index is 958. The minimum atomic E-state index is -0.0996. The smallest absolute Gasteiger partial charge is 0.255 e. The summed E-state index contributed by atoms with van der Waals surface area (Å²) in [5.41, 5.74) is 3.94. The van der Waals surface area contributed by atoms with Crippen LogP contribution in [0.1, 0.15) is 107 Å². The Hall–Kier alpha value is -2.40. The lowest BCUT2D eigenvalue weighted by Gasteiger charge is -2.19. The van der Waals surface area contributed by atoms with E-state index in [1.54, 1.807) is 0 Å². The van der Waals surface area contributed by atoms with Crippen molar-refractivity contribution in [1.82, 2.24) is 4.90 Å². The molecule has 0 fully saturated rings. The third kappa shape index (κ3) is 11.3. The fraction of sp³-hybridized carbons (Fsp3) is 0.531. The monoisotopic (exact) mass is 522 g/mol. The van der Waals surface area contributed by atoms with Gasteiger partial charge in [0.2, 0.25) is 0 Å². The third-order valence-electron chi connectivity index (χ3n) is 6.92. The van der Waals surface area contributed by atoms with Crippen molar-refractivity contribution in [3.63, 3.8) is 0 Å². The molecule has 0 atom stereocenters. The van der Waals surface area contributed by atoms with Gasteiger partial charge >= 0.3 is 0 Å². The predicted molar refractivity (Wildman–Crippen MR) is 159 cm³/mol. The van der Waals surface area contributed by atoms with Gasteiger partial charge in [0.15, 0.2) is 0 Å². The first kappa shape index (κ1) is 29.2. The lowest BCUT2D eigenvalue weighted by Crippen LogP contribution is -2.17. The summed E-state index contributed by atoms with van der Waals surface area (Å²) in [4.78, 5) is 15.1. The Morgan fingerprint density at radius 2 is 1.54 bits per heavy atom. The van der Waals surface area contributed by atoms with Crippen LogP contribution < -0.4 is 10.1 Å². The molecule has 0 radical (unpaired) electrons.